The number of pyridine rings is 1. The molecule has 1 aromatic carbocycles. The van der Waals surface area contributed by atoms with Crippen molar-refractivity contribution in [2.75, 3.05) is 39.4 Å². The van der Waals surface area contributed by atoms with Crippen LogP contribution in [0.3, 0.4) is 0 Å². The van der Waals surface area contributed by atoms with Crippen molar-refractivity contribution in [3.8, 4) is 11.6 Å². The highest BCUT2D eigenvalue weighted by Gasteiger charge is 2.24. The van der Waals surface area contributed by atoms with Gasteiger partial charge in [0.05, 0.1) is 13.2 Å². The van der Waals surface area contributed by atoms with E-state index >= 15 is 0 Å². The summed E-state index contributed by atoms with van der Waals surface area (Å²) in [5.74, 6) is 1.04. The van der Waals surface area contributed by atoms with Crippen LogP contribution in [-0.2, 0) is 16.1 Å². The van der Waals surface area contributed by atoms with Crippen molar-refractivity contribution in [3.63, 3.8) is 0 Å². The molecule has 1 aliphatic rings. The van der Waals surface area contributed by atoms with Gasteiger partial charge in [-0.15, -0.1) is 0 Å². The molecule has 0 fully saturated rings. The Kier molecular flexibility index (Phi) is 8.27. The Bertz CT molecular complexity index is 757. The number of ether oxygens (including phenoxy) is 3. The number of nitrogens with one attached hydrogen (secondary N) is 1. The summed E-state index contributed by atoms with van der Waals surface area (Å²) < 4.78 is 16.8. The lowest BCUT2D eigenvalue weighted by Gasteiger charge is -2.30. The summed E-state index contributed by atoms with van der Waals surface area (Å²) in [6.45, 7) is 6.16. The maximum Gasteiger partial charge on any atom is 0.319 e. The van der Waals surface area contributed by atoms with Gasteiger partial charge in [-0.05, 0) is 44.1 Å². The highest BCUT2D eigenvalue weighted by Crippen LogP contribution is 2.28. The molecule has 1 aliphatic heterocycles. The van der Waals surface area contributed by atoms with Gasteiger partial charge >= 0.3 is 5.97 Å². The average Bonchev–Trinajstić information content (AvgIpc) is 2.74. The first kappa shape index (κ1) is 21.1. The highest BCUT2D eigenvalue weighted by molar-refractivity contribution is 5.71. The molecule has 7 heteroatoms. The minimum absolute atomic E-state index is 0.0754. The Morgan fingerprint density at radius 2 is 2.14 bits per heavy atom. The summed E-state index contributed by atoms with van der Waals surface area (Å²) in [6, 6.07) is 14.1. The summed E-state index contributed by atoms with van der Waals surface area (Å²) in [6.07, 6.45) is 2.55. The van der Waals surface area contributed by atoms with E-state index in [1.54, 1.807) is 6.20 Å². The van der Waals surface area contributed by atoms with Gasteiger partial charge in [-0.1, -0.05) is 30.3 Å². The molecule has 7 nitrogen and oxygen atoms in total. The van der Waals surface area contributed by atoms with Crippen LogP contribution in [0, 0.1) is 0 Å². The van der Waals surface area contributed by atoms with Crippen LogP contribution < -0.4 is 14.8 Å². The number of benzene rings is 1. The first-order valence-electron chi connectivity index (χ1n) is 10.1. The minimum Gasteiger partial charge on any atom is -0.484 e. The molecule has 0 bridgehead atoms. The SMILES string of the molecule is CCOC(=O)CNCCCN(Cc1ccccc1)C[C@H]1COc2cccnc2O1. The second-order valence-electron chi connectivity index (χ2n) is 6.91. The molecule has 1 atom stereocenters. The summed E-state index contributed by atoms with van der Waals surface area (Å²) in [5.41, 5.74) is 1.25. The zero-order valence-electron chi connectivity index (χ0n) is 16.9. The lowest BCUT2D eigenvalue weighted by molar-refractivity contribution is -0.141. The maximum absolute atomic E-state index is 11.4. The van der Waals surface area contributed by atoms with Crippen LogP contribution in [0.1, 0.15) is 18.9 Å². The molecule has 2 heterocycles. The van der Waals surface area contributed by atoms with Crippen molar-refractivity contribution in [1.82, 2.24) is 15.2 Å². The maximum atomic E-state index is 11.4. The van der Waals surface area contributed by atoms with Crippen molar-refractivity contribution >= 4 is 5.97 Å². The molecular weight excluding hydrogens is 370 g/mol. The molecule has 0 unspecified atom stereocenters. The van der Waals surface area contributed by atoms with E-state index in [9.17, 15) is 4.79 Å². The van der Waals surface area contributed by atoms with Crippen LogP contribution in [0.5, 0.6) is 11.6 Å². The third-order valence-electron chi connectivity index (χ3n) is 4.55. The molecule has 1 aromatic heterocycles. The molecular formula is C22H29N3O4. The average molecular weight is 399 g/mol. The van der Waals surface area contributed by atoms with Gasteiger partial charge in [0, 0.05) is 19.3 Å². The fourth-order valence-electron chi connectivity index (χ4n) is 3.23. The molecule has 0 amide bonds. The summed E-state index contributed by atoms with van der Waals surface area (Å²) in [5, 5.41) is 3.14. The molecule has 0 saturated carbocycles. The highest BCUT2D eigenvalue weighted by atomic mass is 16.6. The number of aromatic nitrogens is 1. The van der Waals surface area contributed by atoms with E-state index in [0.717, 1.165) is 32.6 Å². The largest absolute Gasteiger partial charge is 0.484 e. The number of esters is 1. The Morgan fingerprint density at radius 3 is 2.97 bits per heavy atom. The standard InChI is InChI=1S/C22H29N3O4/c1-2-27-21(26)14-23-11-7-13-25(15-18-8-4-3-5-9-18)16-19-17-28-20-10-6-12-24-22(20)29-19/h3-6,8-10,12,19,23H,2,7,11,13-17H2,1H3/t19-/m0/s1. The van der Waals surface area contributed by atoms with Crippen molar-refractivity contribution in [1.29, 1.82) is 0 Å². The van der Waals surface area contributed by atoms with Gasteiger partial charge in [0.25, 0.3) is 5.88 Å². The van der Waals surface area contributed by atoms with E-state index < -0.39 is 0 Å². The van der Waals surface area contributed by atoms with Gasteiger partial charge < -0.3 is 19.5 Å². The van der Waals surface area contributed by atoms with E-state index in [1.807, 2.05) is 25.1 Å². The number of fused-ring (bicyclic) bond motifs is 1. The lowest BCUT2D eigenvalue weighted by atomic mass is 10.2. The van der Waals surface area contributed by atoms with Gasteiger partial charge in [-0.3, -0.25) is 9.69 Å². The zero-order chi connectivity index (χ0) is 20.3. The normalized spacial score (nSPS) is 15.3. The predicted octanol–water partition coefficient (Wildman–Crippen LogP) is 2.27. The Labute approximate surface area is 172 Å². The summed E-state index contributed by atoms with van der Waals surface area (Å²) >= 11 is 0. The number of hydrogen-bond donors (Lipinski definition) is 1. The van der Waals surface area contributed by atoms with E-state index in [-0.39, 0.29) is 18.6 Å². The fraction of sp³-hybridized carbons (Fsp3) is 0.455. The van der Waals surface area contributed by atoms with Crippen LogP contribution in [0.25, 0.3) is 0 Å². The molecule has 0 aliphatic carbocycles. The summed E-state index contributed by atoms with van der Waals surface area (Å²) in [7, 11) is 0. The molecule has 156 valence electrons. The van der Waals surface area contributed by atoms with Crippen LogP contribution >= 0.6 is 0 Å². The first-order chi connectivity index (χ1) is 14.2. The van der Waals surface area contributed by atoms with E-state index in [1.165, 1.54) is 5.56 Å². The molecule has 0 radical (unpaired) electrons. The van der Waals surface area contributed by atoms with Crippen molar-refractivity contribution in [2.24, 2.45) is 0 Å². The third kappa shape index (κ3) is 7.03. The monoisotopic (exact) mass is 399 g/mol. The van der Waals surface area contributed by atoms with Crippen LogP contribution in [0.4, 0.5) is 0 Å². The summed E-state index contributed by atoms with van der Waals surface area (Å²) in [4.78, 5) is 18.0. The Morgan fingerprint density at radius 1 is 1.28 bits per heavy atom. The lowest BCUT2D eigenvalue weighted by Crippen LogP contribution is -2.41. The van der Waals surface area contributed by atoms with Gasteiger partial charge in [-0.2, -0.15) is 0 Å². The Balaban J connectivity index is 1.50. The number of hydrogen-bond acceptors (Lipinski definition) is 7. The molecule has 2 aromatic rings. The topological polar surface area (TPSA) is 72.9 Å². The second kappa shape index (κ2) is 11.4. The third-order valence-corrected chi connectivity index (χ3v) is 4.55. The quantitative estimate of drug-likeness (QED) is 0.459. The van der Waals surface area contributed by atoms with Crippen LogP contribution in [-0.4, -0.2) is 61.3 Å². The first-order valence-corrected chi connectivity index (χ1v) is 10.1. The second-order valence-corrected chi connectivity index (χ2v) is 6.91. The predicted molar refractivity (Wildman–Crippen MR) is 110 cm³/mol. The van der Waals surface area contributed by atoms with E-state index in [2.05, 4.69) is 39.5 Å². The van der Waals surface area contributed by atoms with E-state index in [4.69, 9.17) is 14.2 Å². The van der Waals surface area contributed by atoms with Crippen molar-refractivity contribution in [2.45, 2.75) is 26.0 Å². The minimum atomic E-state index is -0.215. The number of carbonyl (C=O) groups excluding carboxylic acids is 1. The van der Waals surface area contributed by atoms with Crippen LogP contribution in [0.15, 0.2) is 48.7 Å². The molecule has 29 heavy (non-hydrogen) atoms. The van der Waals surface area contributed by atoms with Gasteiger partial charge in [0.2, 0.25) is 0 Å². The zero-order valence-corrected chi connectivity index (χ0v) is 16.9. The Hall–Kier alpha value is -2.64. The van der Waals surface area contributed by atoms with Crippen molar-refractivity contribution < 1.29 is 19.0 Å². The van der Waals surface area contributed by atoms with Gasteiger partial charge in [-0.25, -0.2) is 4.98 Å². The van der Waals surface area contributed by atoms with Gasteiger partial charge in [0.1, 0.15) is 12.7 Å². The van der Waals surface area contributed by atoms with Crippen molar-refractivity contribution in [3.05, 3.63) is 54.2 Å². The number of nitrogens with zero attached hydrogens (tertiary/aromatic N) is 2. The number of carbonyl (C=O) groups is 1. The van der Waals surface area contributed by atoms with Crippen LogP contribution in [0.2, 0.25) is 0 Å². The molecule has 0 saturated heterocycles. The molecule has 3 rings (SSSR count). The fourth-order valence-corrected chi connectivity index (χ4v) is 3.23. The van der Waals surface area contributed by atoms with E-state index in [0.29, 0.717) is 24.8 Å². The van der Waals surface area contributed by atoms with Gasteiger partial charge in [0.15, 0.2) is 5.75 Å². The molecule has 1 N–H and O–H groups in total. The molecule has 0 spiro atoms. The smallest absolute Gasteiger partial charge is 0.319 e. The number of rotatable bonds is 11.